The Morgan fingerprint density at radius 1 is 1.09 bits per heavy atom. The Bertz CT molecular complexity index is 489. The van der Waals surface area contributed by atoms with Gasteiger partial charge in [-0.1, -0.05) is 15.9 Å². The van der Waals surface area contributed by atoms with E-state index in [0.717, 1.165) is 19.3 Å². The van der Waals surface area contributed by atoms with Crippen LogP contribution in [-0.4, -0.2) is 52.6 Å². The van der Waals surface area contributed by atoms with Gasteiger partial charge in [0.15, 0.2) is 0 Å². The summed E-state index contributed by atoms with van der Waals surface area (Å²) in [5.74, 6) is 1.64. The molecule has 0 aromatic carbocycles. The van der Waals surface area contributed by atoms with Crippen LogP contribution in [0.15, 0.2) is 0 Å². The second-order valence-corrected chi connectivity index (χ2v) is 9.80. The Kier molecular flexibility index (Phi) is 4.54. The van der Waals surface area contributed by atoms with Crippen molar-refractivity contribution in [2.45, 2.75) is 56.7 Å². The van der Waals surface area contributed by atoms with E-state index in [1.54, 1.807) is 9.80 Å². The topological polar surface area (TPSA) is 40.6 Å². The van der Waals surface area contributed by atoms with E-state index in [9.17, 15) is 9.59 Å². The summed E-state index contributed by atoms with van der Waals surface area (Å²) in [7, 11) is 1.81. The van der Waals surface area contributed by atoms with E-state index in [1.807, 2.05) is 20.9 Å². The van der Waals surface area contributed by atoms with Gasteiger partial charge < -0.3 is 9.80 Å². The van der Waals surface area contributed by atoms with Crippen LogP contribution in [0.5, 0.6) is 0 Å². The predicted octanol–water partition coefficient (Wildman–Crippen LogP) is 3.05. The lowest BCUT2D eigenvalue weighted by Crippen LogP contribution is -2.59. The fourth-order valence-electron chi connectivity index (χ4n) is 5.76. The standard InChI is InChI=1S/C18H29BrN2O2/c1-4-21(5-2)15(22)11-20(3)16(23)17-7-13-6-14(8-17)10-18(19,9-13)12-17/h13-14H,4-12H2,1-3H3. The van der Waals surface area contributed by atoms with Crippen molar-refractivity contribution in [1.29, 1.82) is 0 Å². The highest BCUT2D eigenvalue weighted by atomic mass is 79.9. The van der Waals surface area contributed by atoms with Crippen LogP contribution >= 0.6 is 15.9 Å². The zero-order valence-electron chi connectivity index (χ0n) is 14.6. The van der Waals surface area contributed by atoms with E-state index >= 15 is 0 Å². The molecule has 0 saturated heterocycles. The van der Waals surface area contributed by atoms with Gasteiger partial charge in [-0.2, -0.15) is 0 Å². The van der Waals surface area contributed by atoms with Crippen molar-refractivity contribution < 1.29 is 9.59 Å². The number of halogens is 1. The first-order chi connectivity index (χ1) is 10.8. The third kappa shape index (κ3) is 3.06. The van der Waals surface area contributed by atoms with Gasteiger partial charge in [0.25, 0.3) is 0 Å². The summed E-state index contributed by atoms with van der Waals surface area (Å²) in [6, 6.07) is 0. The number of amides is 2. The molecule has 0 radical (unpaired) electrons. The van der Waals surface area contributed by atoms with Crippen LogP contribution in [0.3, 0.4) is 0 Å². The Hall–Kier alpha value is -0.580. The Morgan fingerprint density at radius 2 is 1.65 bits per heavy atom. The molecule has 4 saturated carbocycles. The van der Waals surface area contributed by atoms with Crippen LogP contribution < -0.4 is 0 Å². The van der Waals surface area contributed by atoms with Crippen molar-refractivity contribution in [1.82, 2.24) is 9.80 Å². The monoisotopic (exact) mass is 384 g/mol. The maximum atomic E-state index is 13.2. The Labute approximate surface area is 148 Å². The Balaban J connectivity index is 1.71. The zero-order valence-corrected chi connectivity index (χ0v) is 16.2. The summed E-state index contributed by atoms with van der Waals surface area (Å²) < 4.78 is 0.177. The van der Waals surface area contributed by atoms with Crippen LogP contribution in [0.4, 0.5) is 0 Å². The minimum absolute atomic E-state index is 0.0594. The highest BCUT2D eigenvalue weighted by molar-refractivity contribution is 9.10. The fraction of sp³-hybridized carbons (Fsp3) is 0.889. The molecule has 5 heteroatoms. The summed E-state index contributed by atoms with van der Waals surface area (Å²) in [6.07, 6.45) is 6.75. The molecule has 0 aromatic rings. The van der Waals surface area contributed by atoms with Crippen molar-refractivity contribution >= 4 is 27.7 Å². The molecule has 2 unspecified atom stereocenters. The molecule has 4 nitrogen and oxygen atoms in total. The largest absolute Gasteiger partial charge is 0.342 e. The molecule has 0 spiro atoms. The Morgan fingerprint density at radius 3 is 2.13 bits per heavy atom. The van der Waals surface area contributed by atoms with Gasteiger partial charge in [0.1, 0.15) is 0 Å². The van der Waals surface area contributed by atoms with Crippen LogP contribution in [0, 0.1) is 17.3 Å². The van der Waals surface area contributed by atoms with E-state index < -0.39 is 0 Å². The number of alkyl halides is 1. The lowest BCUT2D eigenvalue weighted by atomic mass is 9.49. The molecule has 4 aliphatic carbocycles. The predicted molar refractivity (Wildman–Crippen MR) is 94.3 cm³/mol. The molecule has 4 rings (SSSR count). The maximum Gasteiger partial charge on any atom is 0.242 e. The van der Waals surface area contributed by atoms with Gasteiger partial charge in [-0.15, -0.1) is 0 Å². The number of carbonyl (C=O) groups is 2. The first kappa shape index (κ1) is 17.2. The van der Waals surface area contributed by atoms with Gasteiger partial charge in [0, 0.05) is 24.5 Å². The van der Waals surface area contributed by atoms with Crippen molar-refractivity contribution in [3.8, 4) is 0 Å². The van der Waals surface area contributed by atoms with Gasteiger partial charge in [-0.3, -0.25) is 9.59 Å². The minimum Gasteiger partial charge on any atom is -0.342 e. The fourth-order valence-corrected chi connectivity index (χ4v) is 7.21. The first-order valence-corrected chi connectivity index (χ1v) is 9.82. The normalized spacial score (nSPS) is 37.7. The smallest absolute Gasteiger partial charge is 0.242 e. The maximum absolute atomic E-state index is 13.2. The van der Waals surface area contributed by atoms with E-state index in [0.29, 0.717) is 24.9 Å². The van der Waals surface area contributed by atoms with Gasteiger partial charge in [0.2, 0.25) is 11.8 Å². The molecule has 0 N–H and O–H groups in total. The number of nitrogens with zero attached hydrogens (tertiary/aromatic N) is 2. The SMILES string of the molecule is CCN(CC)C(=O)CN(C)C(=O)C12CC3CC(CC(Br)(C3)C1)C2. The summed E-state index contributed by atoms with van der Waals surface area (Å²) in [5.41, 5.74) is -0.216. The second kappa shape index (κ2) is 6.05. The molecule has 130 valence electrons. The van der Waals surface area contributed by atoms with Crippen LogP contribution in [-0.2, 0) is 9.59 Å². The molecule has 0 heterocycles. The quantitative estimate of drug-likeness (QED) is 0.683. The third-order valence-corrected chi connectivity index (χ3v) is 7.21. The van der Waals surface area contributed by atoms with Gasteiger partial charge in [-0.05, 0) is 64.2 Å². The van der Waals surface area contributed by atoms with Crippen molar-refractivity contribution in [3.63, 3.8) is 0 Å². The molecule has 23 heavy (non-hydrogen) atoms. The molecule has 4 aliphatic rings. The number of likely N-dealkylation sites (N-methyl/N-ethyl adjacent to an activating group) is 2. The highest BCUT2D eigenvalue weighted by Crippen LogP contribution is 2.64. The number of rotatable bonds is 5. The average Bonchev–Trinajstić information content (AvgIpc) is 2.45. The summed E-state index contributed by atoms with van der Waals surface area (Å²) >= 11 is 3.96. The number of hydrogen-bond acceptors (Lipinski definition) is 2. The number of hydrogen-bond donors (Lipinski definition) is 0. The first-order valence-electron chi connectivity index (χ1n) is 9.03. The van der Waals surface area contributed by atoms with E-state index in [2.05, 4.69) is 15.9 Å². The molecular formula is C18H29BrN2O2. The molecule has 2 atom stereocenters. The van der Waals surface area contributed by atoms with Gasteiger partial charge in [0.05, 0.1) is 12.0 Å². The minimum atomic E-state index is -0.216. The van der Waals surface area contributed by atoms with Crippen LogP contribution in [0.25, 0.3) is 0 Å². The zero-order chi connectivity index (χ0) is 16.8. The summed E-state index contributed by atoms with van der Waals surface area (Å²) in [4.78, 5) is 29.0. The van der Waals surface area contributed by atoms with Crippen molar-refractivity contribution in [2.24, 2.45) is 17.3 Å². The van der Waals surface area contributed by atoms with Crippen molar-refractivity contribution in [3.05, 3.63) is 0 Å². The molecule has 4 fully saturated rings. The summed E-state index contributed by atoms with van der Waals surface area (Å²) in [5, 5.41) is 0. The number of carbonyl (C=O) groups excluding carboxylic acids is 2. The lowest BCUT2D eigenvalue weighted by molar-refractivity contribution is -0.156. The molecule has 0 aromatic heterocycles. The van der Waals surface area contributed by atoms with Gasteiger partial charge in [-0.25, -0.2) is 0 Å². The average molecular weight is 385 g/mol. The van der Waals surface area contributed by atoms with Crippen LogP contribution in [0.1, 0.15) is 52.4 Å². The van der Waals surface area contributed by atoms with E-state index in [4.69, 9.17) is 0 Å². The van der Waals surface area contributed by atoms with E-state index in [1.165, 1.54) is 19.3 Å². The third-order valence-electron chi connectivity index (χ3n) is 6.28. The molecule has 0 aliphatic heterocycles. The molecular weight excluding hydrogens is 356 g/mol. The molecule has 4 bridgehead atoms. The van der Waals surface area contributed by atoms with Crippen LogP contribution in [0.2, 0.25) is 0 Å². The highest BCUT2D eigenvalue weighted by Gasteiger charge is 2.60. The van der Waals surface area contributed by atoms with Crippen molar-refractivity contribution in [2.75, 3.05) is 26.7 Å². The van der Waals surface area contributed by atoms with E-state index in [-0.39, 0.29) is 28.1 Å². The second-order valence-electron chi connectivity index (χ2n) is 8.12. The lowest BCUT2D eigenvalue weighted by Gasteiger charge is -2.59. The summed E-state index contributed by atoms with van der Waals surface area (Å²) in [6.45, 7) is 5.59. The van der Waals surface area contributed by atoms with Gasteiger partial charge >= 0.3 is 0 Å². The molecule has 2 amide bonds.